The van der Waals surface area contributed by atoms with Gasteiger partial charge in [-0.1, -0.05) is 0 Å². The van der Waals surface area contributed by atoms with Gasteiger partial charge >= 0.3 is 17.9 Å². The van der Waals surface area contributed by atoms with Gasteiger partial charge in [0.15, 0.2) is 0 Å². The molecule has 0 aliphatic carbocycles. The molecule has 0 N–H and O–H groups in total. The maximum Gasteiger partial charge on any atom is 0.355 e. The summed E-state index contributed by atoms with van der Waals surface area (Å²) in [5, 5.41) is 0. The smallest absolute Gasteiger partial charge is 0.355 e. The Bertz CT molecular complexity index is 408. The van der Waals surface area contributed by atoms with Crippen molar-refractivity contribution in [2.75, 3.05) is 14.2 Å². The minimum atomic E-state index is -1.68. The predicted octanol–water partition coefficient (Wildman–Crippen LogP) is 0.354. The summed E-state index contributed by atoms with van der Waals surface area (Å²) < 4.78 is 14.1. The van der Waals surface area contributed by atoms with E-state index < -0.39 is 23.5 Å². The molecule has 0 aromatic heterocycles. The average molecular weight is 242 g/mol. The molecular formula is C11H14O6. The third-order valence-corrected chi connectivity index (χ3v) is 2.88. The lowest BCUT2D eigenvalue weighted by atomic mass is 9.90. The first-order valence-corrected chi connectivity index (χ1v) is 4.95. The molecule has 1 aliphatic rings. The zero-order chi connectivity index (χ0) is 13.2. The summed E-state index contributed by atoms with van der Waals surface area (Å²) in [7, 11) is 2.35. The Hall–Kier alpha value is -1.85. The van der Waals surface area contributed by atoms with E-state index in [9.17, 15) is 14.4 Å². The molecule has 0 spiro atoms. The number of hydrogen-bond donors (Lipinski definition) is 0. The van der Waals surface area contributed by atoms with Crippen molar-refractivity contribution in [3.8, 4) is 0 Å². The van der Waals surface area contributed by atoms with Crippen LogP contribution in [0.2, 0.25) is 0 Å². The summed E-state index contributed by atoms with van der Waals surface area (Å²) in [6, 6.07) is 0. The Kier molecular flexibility index (Phi) is 3.55. The van der Waals surface area contributed by atoms with Crippen LogP contribution in [0.4, 0.5) is 0 Å². The van der Waals surface area contributed by atoms with Gasteiger partial charge in [-0.3, -0.25) is 4.79 Å². The molecule has 0 saturated heterocycles. The molecule has 1 atom stereocenters. The van der Waals surface area contributed by atoms with Crippen LogP contribution in [0.5, 0.6) is 0 Å². The number of ether oxygens (including phenoxy) is 3. The normalized spacial score (nSPS) is 23.4. The number of cyclic esters (lactones) is 1. The lowest BCUT2D eigenvalue weighted by molar-refractivity contribution is -0.174. The van der Waals surface area contributed by atoms with Crippen molar-refractivity contribution in [3.05, 3.63) is 11.1 Å². The van der Waals surface area contributed by atoms with Crippen LogP contribution in [-0.4, -0.2) is 37.7 Å². The van der Waals surface area contributed by atoms with Gasteiger partial charge in [0.2, 0.25) is 5.60 Å². The molecular weight excluding hydrogens is 228 g/mol. The Morgan fingerprint density at radius 3 is 2.18 bits per heavy atom. The third-order valence-electron chi connectivity index (χ3n) is 2.88. The number of carbonyl (C=O) groups excluding carboxylic acids is 3. The molecule has 6 nitrogen and oxygen atoms in total. The summed E-state index contributed by atoms with van der Waals surface area (Å²) in [5.74, 6) is -2.07. The largest absolute Gasteiger partial charge is 0.469 e. The Morgan fingerprint density at radius 1 is 1.24 bits per heavy atom. The lowest BCUT2D eigenvalue weighted by Crippen LogP contribution is -2.44. The monoisotopic (exact) mass is 242 g/mol. The number of esters is 3. The van der Waals surface area contributed by atoms with Crippen molar-refractivity contribution in [3.63, 3.8) is 0 Å². The van der Waals surface area contributed by atoms with Crippen LogP contribution < -0.4 is 0 Å². The van der Waals surface area contributed by atoms with Crippen molar-refractivity contribution in [1.82, 2.24) is 0 Å². The molecule has 0 radical (unpaired) electrons. The van der Waals surface area contributed by atoms with Crippen molar-refractivity contribution < 1.29 is 28.6 Å². The van der Waals surface area contributed by atoms with Crippen LogP contribution in [-0.2, 0) is 28.6 Å². The third kappa shape index (κ3) is 2.02. The first kappa shape index (κ1) is 13.2. The van der Waals surface area contributed by atoms with Crippen molar-refractivity contribution in [2.45, 2.75) is 25.9 Å². The van der Waals surface area contributed by atoms with E-state index in [0.29, 0.717) is 11.1 Å². The molecule has 94 valence electrons. The second-order valence-electron chi connectivity index (χ2n) is 3.71. The molecule has 0 fully saturated rings. The lowest BCUT2D eigenvalue weighted by Gasteiger charge is -2.25. The van der Waals surface area contributed by atoms with Crippen LogP contribution in [0.1, 0.15) is 20.3 Å². The molecule has 1 aliphatic heterocycles. The Labute approximate surface area is 98.5 Å². The standard InChI is InChI=1S/C11H14O6/c1-6-7(2)11(10(14)16-4,17-9(6)13)5-8(12)15-3/h5H2,1-4H3. The maximum absolute atomic E-state index is 11.7. The fraction of sp³-hybridized carbons (Fsp3) is 0.545. The SMILES string of the molecule is COC(=O)CC1(C(=O)OC)OC(=O)C(C)=C1C. The number of methoxy groups -OCH3 is 2. The molecule has 1 unspecified atom stereocenters. The summed E-state index contributed by atoms with van der Waals surface area (Å²) in [6.45, 7) is 3.08. The zero-order valence-electron chi connectivity index (χ0n) is 10.2. The summed E-state index contributed by atoms with van der Waals surface area (Å²) in [6.07, 6.45) is -0.384. The van der Waals surface area contributed by atoms with Crippen LogP contribution in [0.25, 0.3) is 0 Å². The first-order chi connectivity index (χ1) is 7.89. The van der Waals surface area contributed by atoms with Gasteiger partial charge in [0.05, 0.1) is 14.2 Å². The van der Waals surface area contributed by atoms with Gasteiger partial charge < -0.3 is 14.2 Å². The number of hydrogen-bond acceptors (Lipinski definition) is 6. The van der Waals surface area contributed by atoms with Gasteiger partial charge in [0.1, 0.15) is 6.42 Å². The molecule has 0 saturated carbocycles. The maximum atomic E-state index is 11.7. The molecule has 0 amide bonds. The predicted molar refractivity (Wildman–Crippen MR) is 55.8 cm³/mol. The molecule has 0 aromatic carbocycles. The van der Waals surface area contributed by atoms with Crippen molar-refractivity contribution in [1.29, 1.82) is 0 Å². The zero-order valence-corrected chi connectivity index (χ0v) is 10.2. The van der Waals surface area contributed by atoms with E-state index in [-0.39, 0.29) is 6.42 Å². The molecule has 17 heavy (non-hydrogen) atoms. The molecule has 0 aromatic rings. The highest BCUT2D eigenvalue weighted by Gasteiger charge is 2.53. The molecule has 1 rings (SSSR count). The van der Waals surface area contributed by atoms with E-state index in [4.69, 9.17) is 4.74 Å². The van der Waals surface area contributed by atoms with Crippen LogP contribution >= 0.6 is 0 Å². The second-order valence-corrected chi connectivity index (χ2v) is 3.71. The molecule has 0 bridgehead atoms. The minimum absolute atomic E-state index is 0.305. The van der Waals surface area contributed by atoms with Gasteiger partial charge in [-0.15, -0.1) is 0 Å². The molecule has 1 heterocycles. The fourth-order valence-electron chi connectivity index (χ4n) is 1.64. The Morgan fingerprint density at radius 2 is 1.82 bits per heavy atom. The quantitative estimate of drug-likeness (QED) is 0.525. The van der Waals surface area contributed by atoms with E-state index in [1.165, 1.54) is 14.0 Å². The highest BCUT2D eigenvalue weighted by atomic mass is 16.6. The van der Waals surface area contributed by atoms with Crippen LogP contribution in [0.3, 0.4) is 0 Å². The van der Waals surface area contributed by atoms with Gasteiger partial charge in [0.25, 0.3) is 0 Å². The van der Waals surface area contributed by atoms with Crippen LogP contribution in [0, 0.1) is 0 Å². The van der Waals surface area contributed by atoms with E-state index in [1.54, 1.807) is 6.92 Å². The summed E-state index contributed by atoms with van der Waals surface area (Å²) in [4.78, 5) is 34.5. The van der Waals surface area contributed by atoms with E-state index in [2.05, 4.69) is 9.47 Å². The number of rotatable bonds is 3. The van der Waals surface area contributed by atoms with Crippen molar-refractivity contribution in [2.24, 2.45) is 0 Å². The summed E-state index contributed by atoms with van der Waals surface area (Å²) in [5.41, 5.74) is -0.998. The van der Waals surface area contributed by atoms with Crippen molar-refractivity contribution >= 4 is 17.9 Å². The minimum Gasteiger partial charge on any atom is -0.469 e. The Balaban J connectivity index is 3.19. The highest BCUT2D eigenvalue weighted by Crippen LogP contribution is 2.36. The topological polar surface area (TPSA) is 78.9 Å². The van der Waals surface area contributed by atoms with E-state index in [1.807, 2.05) is 0 Å². The van der Waals surface area contributed by atoms with Crippen LogP contribution in [0.15, 0.2) is 11.1 Å². The fourth-order valence-corrected chi connectivity index (χ4v) is 1.64. The van der Waals surface area contributed by atoms with Gasteiger partial charge in [0, 0.05) is 5.57 Å². The van der Waals surface area contributed by atoms with Gasteiger partial charge in [-0.05, 0) is 19.4 Å². The molecule has 6 heteroatoms. The number of carbonyl (C=O) groups is 3. The van der Waals surface area contributed by atoms with Gasteiger partial charge in [-0.25, -0.2) is 9.59 Å². The van der Waals surface area contributed by atoms with E-state index >= 15 is 0 Å². The highest BCUT2D eigenvalue weighted by molar-refractivity contribution is 6.01. The van der Waals surface area contributed by atoms with E-state index in [0.717, 1.165) is 7.11 Å². The van der Waals surface area contributed by atoms with Gasteiger partial charge in [-0.2, -0.15) is 0 Å². The summed E-state index contributed by atoms with van der Waals surface area (Å²) >= 11 is 0. The average Bonchev–Trinajstić information content (AvgIpc) is 2.53. The second kappa shape index (κ2) is 4.57. The first-order valence-electron chi connectivity index (χ1n) is 4.95.